The average Bonchev–Trinajstić information content (AvgIpc) is 2.39. The lowest BCUT2D eigenvalue weighted by atomic mass is 9.97. The highest BCUT2D eigenvalue weighted by atomic mass is 16.6. The molecule has 0 radical (unpaired) electrons. The maximum absolute atomic E-state index is 11.2. The zero-order chi connectivity index (χ0) is 13.1. The van der Waals surface area contributed by atoms with Crippen LogP contribution in [0.1, 0.15) is 12.8 Å². The van der Waals surface area contributed by atoms with E-state index >= 15 is 0 Å². The standard InChI is InChI=1S/C11H14N4O3/c12-11(16)8-2-1-5-14(7-8)10-4-3-9(6-13-10)15(17)18/h3-4,6,8H,1-2,5,7H2,(H2,12,16)/t8-/m0/s1. The molecule has 0 aliphatic carbocycles. The second-order valence-electron chi connectivity index (χ2n) is 4.32. The van der Waals surface area contributed by atoms with Gasteiger partial charge in [-0.1, -0.05) is 0 Å². The normalized spacial score (nSPS) is 19.6. The number of nitrogens with two attached hydrogens (primary N) is 1. The summed E-state index contributed by atoms with van der Waals surface area (Å²) in [5, 5.41) is 10.5. The molecule has 1 atom stereocenters. The largest absolute Gasteiger partial charge is 0.369 e. The van der Waals surface area contributed by atoms with E-state index in [0.717, 1.165) is 19.4 Å². The SMILES string of the molecule is NC(=O)[C@H]1CCCN(c2ccc([N+](=O)[O-])cn2)C1. The summed E-state index contributed by atoms with van der Waals surface area (Å²) >= 11 is 0. The third-order valence-corrected chi connectivity index (χ3v) is 3.09. The second-order valence-corrected chi connectivity index (χ2v) is 4.32. The fraction of sp³-hybridized carbons (Fsp3) is 0.455. The Bertz CT molecular complexity index is 460. The number of hydrogen-bond donors (Lipinski definition) is 1. The van der Waals surface area contributed by atoms with Crippen LogP contribution in [0.3, 0.4) is 0 Å². The Hall–Kier alpha value is -2.18. The summed E-state index contributed by atoms with van der Waals surface area (Å²) < 4.78 is 0. The van der Waals surface area contributed by atoms with E-state index in [0.29, 0.717) is 12.4 Å². The van der Waals surface area contributed by atoms with Crippen molar-refractivity contribution in [2.24, 2.45) is 11.7 Å². The van der Waals surface area contributed by atoms with Crippen molar-refractivity contribution in [1.82, 2.24) is 4.98 Å². The zero-order valence-corrected chi connectivity index (χ0v) is 9.78. The first-order valence-electron chi connectivity index (χ1n) is 5.72. The minimum Gasteiger partial charge on any atom is -0.369 e. The predicted octanol–water partition coefficient (Wildman–Crippen LogP) is 0.691. The number of carbonyl (C=O) groups is 1. The van der Waals surface area contributed by atoms with Crippen molar-refractivity contribution in [3.63, 3.8) is 0 Å². The number of anilines is 1. The Morgan fingerprint density at radius 1 is 1.56 bits per heavy atom. The Morgan fingerprint density at radius 3 is 2.89 bits per heavy atom. The van der Waals surface area contributed by atoms with E-state index < -0.39 is 4.92 Å². The number of nitrogens with zero attached hydrogens (tertiary/aromatic N) is 3. The van der Waals surface area contributed by atoms with Gasteiger partial charge in [-0.05, 0) is 18.9 Å². The van der Waals surface area contributed by atoms with Gasteiger partial charge in [-0.15, -0.1) is 0 Å². The van der Waals surface area contributed by atoms with Crippen molar-refractivity contribution in [1.29, 1.82) is 0 Å². The molecule has 7 nitrogen and oxygen atoms in total. The van der Waals surface area contributed by atoms with Crippen molar-refractivity contribution in [2.45, 2.75) is 12.8 Å². The van der Waals surface area contributed by atoms with Gasteiger partial charge in [0.25, 0.3) is 5.69 Å². The van der Waals surface area contributed by atoms with Gasteiger partial charge in [0.05, 0.1) is 10.8 Å². The Balaban J connectivity index is 2.11. The van der Waals surface area contributed by atoms with Crippen molar-refractivity contribution in [2.75, 3.05) is 18.0 Å². The van der Waals surface area contributed by atoms with Gasteiger partial charge in [-0.25, -0.2) is 4.98 Å². The molecule has 2 heterocycles. The van der Waals surface area contributed by atoms with E-state index in [4.69, 9.17) is 5.73 Å². The van der Waals surface area contributed by atoms with Crippen molar-refractivity contribution < 1.29 is 9.72 Å². The van der Waals surface area contributed by atoms with E-state index in [9.17, 15) is 14.9 Å². The molecule has 7 heteroatoms. The van der Waals surface area contributed by atoms with E-state index in [1.807, 2.05) is 4.90 Å². The minimum atomic E-state index is -0.487. The lowest BCUT2D eigenvalue weighted by molar-refractivity contribution is -0.385. The molecule has 1 aliphatic heterocycles. The number of amides is 1. The fourth-order valence-electron chi connectivity index (χ4n) is 2.09. The number of primary amides is 1. The number of pyridine rings is 1. The fourth-order valence-corrected chi connectivity index (χ4v) is 2.09. The Kier molecular flexibility index (Phi) is 3.40. The second kappa shape index (κ2) is 4.99. The number of carbonyl (C=O) groups excluding carboxylic acids is 1. The van der Waals surface area contributed by atoms with Crippen LogP contribution in [0.4, 0.5) is 11.5 Å². The molecule has 18 heavy (non-hydrogen) atoms. The molecular formula is C11H14N4O3. The first-order chi connectivity index (χ1) is 8.58. The van der Waals surface area contributed by atoms with E-state index in [2.05, 4.69) is 4.98 Å². The lowest BCUT2D eigenvalue weighted by Crippen LogP contribution is -2.41. The minimum absolute atomic E-state index is 0.0396. The summed E-state index contributed by atoms with van der Waals surface area (Å²) in [6.07, 6.45) is 2.88. The number of nitro groups is 1. The molecule has 1 aromatic heterocycles. The molecule has 0 saturated carbocycles. The Morgan fingerprint density at radius 2 is 2.33 bits per heavy atom. The zero-order valence-electron chi connectivity index (χ0n) is 9.78. The lowest BCUT2D eigenvalue weighted by Gasteiger charge is -2.31. The molecule has 2 N–H and O–H groups in total. The van der Waals surface area contributed by atoms with Gasteiger partial charge in [0.15, 0.2) is 0 Å². The molecular weight excluding hydrogens is 236 g/mol. The maximum atomic E-state index is 11.2. The highest BCUT2D eigenvalue weighted by Crippen LogP contribution is 2.22. The molecule has 0 spiro atoms. The van der Waals surface area contributed by atoms with E-state index in [1.54, 1.807) is 6.07 Å². The first kappa shape index (κ1) is 12.3. The van der Waals surface area contributed by atoms with Gasteiger partial charge in [0.1, 0.15) is 12.0 Å². The van der Waals surface area contributed by atoms with Crippen LogP contribution in [0.2, 0.25) is 0 Å². The van der Waals surface area contributed by atoms with E-state index in [-0.39, 0.29) is 17.5 Å². The van der Waals surface area contributed by atoms with Crippen LogP contribution in [0.25, 0.3) is 0 Å². The summed E-state index contributed by atoms with van der Waals surface area (Å²) in [4.78, 5) is 27.2. The molecule has 96 valence electrons. The number of hydrogen-bond acceptors (Lipinski definition) is 5. The molecule has 1 aliphatic rings. The molecule has 0 bridgehead atoms. The van der Waals surface area contributed by atoms with Crippen LogP contribution in [-0.2, 0) is 4.79 Å². The van der Waals surface area contributed by atoms with Crippen LogP contribution in [0, 0.1) is 16.0 Å². The third kappa shape index (κ3) is 2.55. The van der Waals surface area contributed by atoms with Gasteiger partial charge in [0, 0.05) is 19.2 Å². The van der Waals surface area contributed by atoms with Crippen LogP contribution in [-0.4, -0.2) is 28.9 Å². The topological polar surface area (TPSA) is 102 Å². The highest BCUT2D eigenvalue weighted by molar-refractivity contribution is 5.77. The molecule has 1 saturated heterocycles. The highest BCUT2D eigenvalue weighted by Gasteiger charge is 2.24. The molecule has 1 amide bonds. The first-order valence-corrected chi connectivity index (χ1v) is 5.72. The van der Waals surface area contributed by atoms with Gasteiger partial charge in [-0.2, -0.15) is 0 Å². The summed E-state index contributed by atoms with van der Waals surface area (Å²) in [5.74, 6) is 0.170. The van der Waals surface area contributed by atoms with Gasteiger partial charge >= 0.3 is 0 Å². The van der Waals surface area contributed by atoms with Crippen molar-refractivity contribution in [3.8, 4) is 0 Å². The van der Waals surface area contributed by atoms with Crippen LogP contribution in [0.15, 0.2) is 18.3 Å². The predicted molar refractivity (Wildman–Crippen MR) is 65.0 cm³/mol. The summed E-state index contributed by atoms with van der Waals surface area (Å²) in [6, 6.07) is 3.01. The monoisotopic (exact) mass is 250 g/mol. The summed E-state index contributed by atoms with van der Waals surface area (Å²) in [7, 11) is 0. The average molecular weight is 250 g/mol. The van der Waals surface area contributed by atoms with Crippen molar-refractivity contribution in [3.05, 3.63) is 28.4 Å². The van der Waals surface area contributed by atoms with Gasteiger partial charge in [-0.3, -0.25) is 14.9 Å². The van der Waals surface area contributed by atoms with Crippen LogP contribution in [0.5, 0.6) is 0 Å². The van der Waals surface area contributed by atoms with Crippen LogP contribution >= 0.6 is 0 Å². The molecule has 2 rings (SSSR count). The van der Waals surface area contributed by atoms with Crippen molar-refractivity contribution >= 4 is 17.4 Å². The maximum Gasteiger partial charge on any atom is 0.287 e. The van der Waals surface area contributed by atoms with Gasteiger partial charge in [0.2, 0.25) is 5.91 Å². The number of aromatic nitrogens is 1. The molecule has 1 aromatic rings. The quantitative estimate of drug-likeness (QED) is 0.628. The van der Waals surface area contributed by atoms with Gasteiger partial charge < -0.3 is 10.6 Å². The number of rotatable bonds is 3. The molecule has 0 aromatic carbocycles. The number of piperidine rings is 1. The molecule has 1 fully saturated rings. The Labute approximate surface area is 104 Å². The van der Waals surface area contributed by atoms with Crippen LogP contribution < -0.4 is 10.6 Å². The molecule has 0 unspecified atom stereocenters. The third-order valence-electron chi connectivity index (χ3n) is 3.09. The smallest absolute Gasteiger partial charge is 0.287 e. The summed E-state index contributed by atoms with van der Waals surface area (Å²) in [5.41, 5.74) is 5.26. The van der Waals surface area contributed by atoms with E-state index in [1.165, 1.54) is 12.3 Å². The summed E-state index contributed by atoms with van der Waals surface area (Å²) in [6.45, 7) is 1.31.